The molecule has 0 spiro atoms. The van der Waals surface area contributed by atoms with Crippen molar-refractivity contribution >= 4 is 0 Å². The van der Waals surface area contributed by atoms with Crippen molar-refractivity contribution in [2.75, 3.05) is 0 Å². The molecule has 0 saturated heterocycles. The molecule has 0 amide bonds. The van der Waals surface area contributed by atoms with Gasteiger partial charge >= 0.3 is 0 Å². The summed E-state index contributed by atoms with van der Waals surface area (Å²) < 4.78 is 0. The molecule has 1 nitrogen and oxygen atoms in total. The third-order valence-corrected chi connectivity index (χ3v) is 5.83. The highest BCUT2D eigenvalue weighted by molar-refractivity contribution is 5.74. The van der Waals surface area contributed by atoms with Gasteiger partial charge in [-0.1, -0.05) is 100 Å². The van der Waals surface area contributed by atoms with E-state index >= 15 is 0 Å². The van der Waals surface area contributed by atoms with Crippen LogP contribution in [0.2, 0.25) is 0 Å². The second-order valence-corrected chi connectivity index (χ2v) is 8.18. The van der Waals surface area contributed by atoms with Gasteiger partial charge in [0.15, 0.2) is 0 Å². The molecule has 0 bridgehead atoms. The van der Waals surface area contributed by atoms with Crippen molar-refractivity contribution in [2.45, 2.75) is 65.2 Å². The standard InChI is InChI=1S/C29H33N/c1-3-5-7-9-23-11-14-25(15-12-23)26-16-18-27(19-17-26)29-20-13-24(10-8-6-4-2)21-28(29)22-30/h11-21H,3-10H2,1-2H3. The Balaban J connectivity index is 1.73. The summed E-state index contributed by atoms with van der Waals surface area (Å²) in [7, 11) is 0. The first-order valence-electron chi connectivity index (χ1n) is 11.5. The maximum Gasteiger partial charge on any atom is 0.0998 e. The highest BCUT2D eigenvalue weighted by atomic mass is 14.2. The highest BCUT2D eigenvalue weighted by Crippen LogP contribution is 2.28. The molecule has 0 N–H and O–H groups in total. The number of nitrogens with zero attached hydrogens (tertiary/aromatic N) is 1. The summed E-state index contributed by atoms with van der Waals surface area (Å²) in [6.45, 7) is 4.46. The number of aryl methyl sites for hydroxylation is 2. The minimum Gasteiger partial charge on any atom is -0.192 e. The van der Waals surface area contributed by atoms with Gasteiger partial charge in [-0.05, 0) is 65.1 Å². The van der Waals surface area contributed by atoms with E-state index in [0.717, 1.165) is 23.1 Å². The third-order valence-electron chi connectivity index (χ3n) is 5.83. The molecule has 30 heavy (non-hydrogen) atoms. The summed E-state index contributed by atoms with van der Waals surface area (Å²) in [5.41, 5.74) is 8.04. The minimum absolute atomic E-state index is 0.771. The van der Waals surface area contributed by atoms with Crippen LogP contribution in [0.15, 0.2) is 66.7 Å². The lowest BCUT2D eigenvalue weighted by Gasteiger charge is -2.09. The number of hydrogen-bond acceptors (Lipinski definition) is 1. The van der Waals surface area contributed by atoms with E-state index in [4.69, 9.17) is 0 Å². The number of hydrogen-bond donors (Lipinski definition) is 0. The van der Waals surface area contributed by atoms with Crippen molar-refractivity contribution < 1.29 is 0 Å². The van der Waals surface area contributed by atoms with Crippen LogP contribution in [0.4, 0.5) is 0 Å². The molecule has 0 unspecified atom stereocenters. The molecule has 154 valence electrons. The van der Waals surface area contributed by atoms with Crippen molar-refractivity contribution in [3.63, 3.8) is 0 Å². The van der Waals surface area contributed by atoms with E-state index in [2.05, 4.69) is 86.6 Å². The first-order chi connectivity index (χ1) is 14.7. The van der Waals surface area contributed by atoms with E-state index in [9.17, 15) is 5.26 Å². The third kappa shape index (κ3) is 5.83. The molecule has 3 aromatic rings. The number of unbranched alkanes of at least 4 members (excludes halogenated alkanes) is 4. The van der Waals surface area contributed by atoms with Gasteiger partial charge in [-0.3, -0.25) is 0 Å². The molecular formula is C29H33N. The summed E-state index contributed by atoms with van der Waals surface area (Å²) in [5, 5.41) is 9.66. The van der Waals surface area contributed by atoms with Crippen LogP contribution in [0.5, 0.6) is 0 Å². The van der Waals surface area contributed by atoms with Crippen molar-refractivity contribution in [1.82, 2.24) is 0 Å². The second-order valence-electron chi connectivity index (χ2n) is 8.18. The van der Waals surface area contributed by atoms with Gasteiger partial charge in [-0.25, -0.2) is 0 Å². The van der Waals surface area contributed by atoms with Gasteiger partial charge in [0.25, 0.3) is 0 Å². The van der Waals surface area contributed by atoms with Crippen molar-refractivity contribution in [3.05, 3.63) is 83.4 Å². The molecule has 0 aromatic heterocycles. The molecule has 0 fully saturated rings. The topological polar surface area (TPSA) is 23.8 Å². The van der Waals surface area contributed by atoms with Gasteiger partial charge in [0.1, 0.15) is 0 Å². The first kappa shape index (κ1) is 21.8. The normalized spacial score (nSPS) is 10.7. The van der Waals surface area contributed by atoms with Crippen LogP contribution in [0.25, 0.3) is 22.3 Å². The number of benzene rings is 3. The SMILES string of the molecule is CCCCCc1ccc(-c2ccc(-c3ccc(CCCCC)cc3C#N)cc2)cc1. The second kappa shape index (κ2) is 11.4. The molecule has 3 aromatic carbocycles. The Hall–Kier alpha value is -2.85. The van der Waals surface area contributed by atoms with Crippen LogP contribution in [0.1, 0.15) is 69.1 Å². The Labute approximate surface area is 182 Å². The Kier molecular flexibility index (Phi) is 8.28. The van der Waals surface area contributed by atoms with Gasteiger partial charge in [-0.15, -0.1) is 0 Å². The van der Waals surface area contributed by atoms with Gasteiger partial charge < -0.3 is 0 Å². The molecular weight excluding hydrogens is 362 g/mol. The van der Waals surface area contributed by atoms with E-state index < -0.39 is 0 Å². The highest BCUT2D eigenvalue weighted by Gasteiger charge is 2.07. The first-order valence-corrected chi connectivity index (χ1v) is 11.5. The average Bonchev–Trinajstić information content (AvgIpc) is 2.80. The van der Waals surface area contributed by atoms with Gasteiger partial charge in [0.2, 0.25) is 0 Å². The van der Waals surface area contributed by atoms with Crippen molar-refractivity contribution in [1.29, 1.82) is 5.26 Å². The van der Waals surface area contributed by atoms with Crippen LogP contribution < -0.4 is 0 Å². The molecule has 0 aliphatic rings. The fourth-order valence-corrected chi connectivity index (χ4v) is 3.96. The van der Waals surface area contributed by atoms with E-state index in [0.29, 0.717) is 0 Å². The minimum atomic E-state index is 0.771. The smallest absolute Gasteiger partial charge is 0.0998 e. The summed E-state index contributed by atoms with van der Waals surface area (Å²) in [4.78, 5) is 0. The fourth-order valence-electron chi connectivity index (χ4n) is 3.96. The van der Waals surface area contributed by atoms with Crippen LogP contribution in [0, 0.1) is 11.3 Å². The monoisotopic (exact) mass is 395 g/mol. The Bertz CT molecular complexity index is 959. The predicted molar refractivity (Wildman–Crippen MR) is 128 cm³/mol. The zero-order valence-electron chi connectivity index (χ0n) is 18.5. The lowest BCUT2D eigenvalue weighted by atomic mass is 9.94. The summed E-state index contributed by atoms with van der Waals surface area (Å²) in [5.74, 6) is 0. The summed E-state index contributed by atoms with van der Waals surface area (Å²) in [6, 6.07) is 26.3. The number of rotatable bonds is 10. The van der Waals surface area contributed by atoms with Gasteiger partial charge in [0, 0.05) is 0 Å². The molecule has 1 heteroatoms. The predicted octanol–water partition coefficient (Wildman–Crippen LogP) is 8.36. The molecule has 0 radical (unpaired) electrons. The summed E-state index contributed by atoms with van der Waals surface area (Å²) in [6.07, 6.45) is 9.69. The van der Waals surface area contributed by atoms with Crippen LogP contribution in [-0.2, 0) is 12.8 Å². The van der Waals surface area contributed by atoms with E-state index in [-0.39, 0.29) is 0 Å². The average molecular weight is 396 g/mol. The van der Waals surface area contributed by atoms with E-state index in [1.165, 1.54) is 67.2 Å². The molecule has 3 rings (SSSR count). The van der Waals surface area contributed by atoms with Crippen LogP contribution >= 0.6 is 0 Å². The maximum atomic E-state index is 9.66. The Morgan fingerprint density at radius 3 is 1.67 bits per heavy atom. The molecule has 0 saturated carbocycles. The van der Waals surface area contributed by atoms with E-state index in [1.54, 1.807) is 0 Å². The Morgan fingerprint density at radius 2 is 1.10 bits per heavy atom. The zero-order chi connectivity index (χ0) is 21.2. The summed E-state index contributed by atoms with van der Waals surface area (Å²) >= 11 is 0. The van der Waals surface area contributed by atoms with Crippen LogP contribution in [0.3, 0.4) is 0 Å². The quantitative estimate of drug-likeness (QED) is 0.316. The van der Waals surface area contributed by atoms with Crippen molar-refractivity contribution in [2.24, 2.45) is 0 Å². The van der Waals surface area contributed by atoms with Gasteiger partial charge in [-0.2, -0.15) is 5.26 Å². The molecule has 0 aliphatic heterocycles. The lowest BCUT2D eigenvalue weighted by Crippen LogP contribution is -1.91. The number of nitriles is 1. The molecule has 0 heterocycles. The lowest BCUT2D eigenvalue weighted by molar-refractivity contribution is 0.717. The van der Waals surface area contributed by atoms with E-state index in [1.807, 2.05) is 0 Å². The zero-order valence-corrected chi connectivity index (χ0v) is 18.5. The largest absolute Gasteiger partial charge is 0.192 e. The molecule has 0 aliphatic carbocycles. The van der Waals surface area contributed by atoms with Crippen molar-refractivity contribution in [3.8, 4) is 28.3 Å². The maximum absolute atomic E-state index is 9.66. The Morgan fingerprint density at radius 1 is 0.600 bits per heavy atom. The van der Waals surface area contributed by atoms with Gasteiger partial charge in [0.05, 0.1) is 11.6 Å². The van der Waals surface area contributed by atoms with Crippen LogP contribution in [-0.4, -0.2) is 0 Å². The molecule has 0 atom stereocenters. The fraction of sp³-hybridized carbons (Fsp3) is 0.345.